The zero-order valence-corrected chi connectivity index (χ0v) is 21.9. The van der Waals surface area contributed by atoms with Gasteiger partial charge in [0.15, 0.2) is 5.82 Å². The number of ether oxygens (including phenoxy) is 1. The predicted molar refractivity (Wildman–Crippen MR) is 151 cm³/mol. The number of nitrogens with two attached hydrogens (primary N) is 1. The fourth-order valence-corrected chi connectivity index (χ4v) is 4.59. The van der Waals surface area contributed by atoms with Crippen LogP contribution in [-0.2, 0) is 24.1 Å². The third-order valence-corrected chi connectivity index (χ3v) is 6.50. The van der Waals surface area contributed by atoms with E-state index in [4.69, 9.17) is 15.5 Å². The molecule has 0 saturated carbocycles. The summed E-state index contributed by atoms with van der Waals surface area (Å²) in [7, 11) is 0. The summed E-state index contributed by atoms with van der Waals surface area (Å²) in [4.78, 5) is 13.4. The van der Waals surface area contributed by atoms with Gasteiger partial charge < -0.3 is 25.3 Å². The molecule has 0 unspecified atom stereocenters. The highest BCUT2D eigenvalue weighted by Crippen LogP contribution is 2.32. The largest absolute Gasteiger partial charge is 0.508 e. The van der Waals surface area contributed by atoms with E-state index in [0.29, 0.717) is 43.2 Å². The molecule has 0 aliphatic carbocycles. The number of aromatic nitrogens is 3. The Bertz CT molecular complexity index is 1430. The van der Waals surface area contributed by atoms with Gasteiger partial charge in [0.25, 0.3) is 0 Å². The first kappa shape index (κ1) is 26.5. The van der Waals surface area contributed by atoms with Crippen molar-refractivity contribution < 1.29 is 14.9 Å². The molecule has 8 nitrogen and oxygen atoms in total. The van der Waals surface area contributed by atoms with E-state index in [2.05, 4.69) is 51.0 Å². The van der Waals surface area contributed by atoms with Gasteiger partial charge in [-0.15, -0.1) is 0 Å². The number of benzene rings is 2. The normalized spacial score (nSPS) is 11.3. The fraction of sp³-hybridized carbons (Fsp3) is 0.393. The molecule has 194 valence electrons. The van der Waals surface area contributed by atoms with Crippen LogP contribution in [0.25, 0.3) is 21.9 Å². The van der Waals surface area contributed by atoms with E-state index in [1.54, 1.807) is 6.07 Å². The molecule has 4 aromatic rings. The number of fused-ring (bicyclic) bond motifs is 3. The van der Waals surface area contributed by atoms with Gasteiger partial charge in [-0.05, 0) is 73.8 Å². The van der Waals surface area contributed by atoms with E-state index in [9.17, 15) is 10.2 Å². The number of pyridine rings is 1. The summed E-state index contributed by atoms with van der Waals surface area (Å²) in [6.45, 7) is 4.48. The average Bonchev–Trinajstić information content (AvgIpc) is 3.25. The Kier molecular flexibility index (Phi) is 9.06. The second-order valence-corrected chi connectivity index (χ2v) is 9.30. The number of hydrogen-bond donors (Lipinski definition) is 3. The minimum atomic E-state index is 0.106. The SMILES string of the molecule is CCCCc1nc2c(N)nc3ccc(CCCOCCCN=C=S)cc3c2n1Cc1cc(O)ccc1O. The molecule has 2 aromatic carbocycles. The van der Waals surface area contributed by atoms with Crippen molar-refractivity contribution in [3.63, 3.8) is 0 Å². The first-order valence-corrected chi connectivity index (χ1v) is 13.1. The van der Waals surface area contributed by atoms with Gasteiger partial charge in [-0.3, -0.25) is 0 Å². The average molecular weight is 520 g/mol. The van der Waals surface area contributed by atoms with Gasteiger partial charge in [-0.1, -0.05) is 19.4 Å². The van der Waals surface area contributed by atoms with Crippen molar-refractivity contribution in [1.82, 2.24) is 14.5 Å². The molecule has 0 aliphatic heterocycles. The molecule has 0 bridgehead atoms. The maximum atomic E-state index is 10.5. The Morgan fingerprint density at radius 2 is 1.89 bits per heavy atom. The molecule has 9 heteroatoms. The van der Waals surface area contributed by atoms with Crippen LogP contribution in [0.1, 0.15) is 49.6 Å². The fourth-order valence-electron chi connectivity index (χ4n) is 4.50. The first-order chi connectivity index (χ1) is 18.0. The maximum absolute atomic E-state index is 10.5. The molecule has 0 atom stereocenters. The highest BCUT2D eigenvalue weighted by Gasteiger charge is 2.19. The number of anilines is 1. The summed E-state index contributed by atoms with van der Waals surface area (Å²) in [6.07, 6.45) is 5.38. The van der Waals surface area contributed by atoms with Crippen LogP contribution in [0.4, 0.5) is 5.82 Å². The Hall–Kier alpha value is -3.52. The standard InChI is InChI=1S/C28H33N5O3S/c1-2-3-7-25-32-26-27(33(25)17-20-16-21(34)9-11-24(20)35)22-15-19(8-10-23(22)31-28(26)29)6-4-13-36-14-5-12-30-18-37/h8-11,15-16,34-35H,2-7,12-14,17H2,1H3,(H2,29,31). The number of aliphatic imine (C=N–C) groups is 1. The second kappa shape index (κ2) is 12.6. The number of imidazole rings is 1. The van der Waals surface area contributed by atoms with Crippen molar-refractivity contribution in [1.29, 1.82) is 0 Å². The molecule has 0 spiro atoms. The number of nitrogen functional groups attached to an aromatic ring is 1. The quantitative estimate of drug-likeness (QED) is 0.0935. The number of rotatable bonds is 13. The van der Waals surface area contributed by atoms with Gasteiger partial charge in [0, 0.05) is 30.6 Å². The third-order valence-electron chi connectivity index (χ3n) is 6.37. The van der Waals surface area contributed by atoms with Gasteiger partial charge in [-0.25, -0.2) is 15.0 Å². The zero-order chi connectivity index (χ0) is 26.2. The van der Waals surface area contributed by atoms with Gasteiger partial charge in [0.05, 0.1) is 29.3 Å². The van der Waals surface area contributed by atoms with E-state index in [1.807, 2.05) is 6.07 Å². The lowest BCUT2D eigenvalue weighted by molar-refractivity contribution is 0.131. The van der Waals surface area contributed by atoms with Crippen LogP contribution in [0.3, 0.4) is 0 Å². The number of phenols is 2. The number of isothiocyanates is 1. The molecule has 37 heavy (non-hydrogen) atoms. The highest BCUT2D eigenvalue weighted by atomic mass is 32.1. The van der Waals surface area contributed by atoms with E-state index >= 15 is 0 Å². The second-order valence-electron chi connectivity index (χ2n) is 9.12. The maximum Gasteiger partial charge on any atom is 0.152 e. The molecule has 0 saturated heterocycles. The highest BCUT2D eigenvalue weighted by molar-refractivity contribution is 7.78. The molecule has 0 radical (unpaired) electrons. The third kappa shape index (κ3) is 6.43. The Morgan fingerprint density at radius 1 is 1.05 bits per heavy atom. The number of nitrogens with zero attached hydrogens (tertiary/aromatic N) is 4. The van der Waals surface area contributed by atoms with Crippen LogP contribution in [0.2, 0.25) is 0 Å². The van der Waals surface area contributed by atoms with Crippen LogP contribution >= 0.6 is 12.2 Å². The van der Waals surface area contributed by atoms with E-state index < -0.39 is 0 Å². The lowest BCUT2D eigenvalue weighted by Gasteiger charge is -2.13. The van der Waals surface area contributed by atoms with Gasteiger partial charge in [-0.2, -0.15) is 0 Å². The molecule has 0 fully saturated rings. The molecule has 4 rings (SSSR count). The van der Waals surface area contributed by atoms with Crippen molar-refractivity contribution in [3.8, 4) is 11.5 Å². The number of aromatic hydroxyl groups is 2. The zero-order valence-electron chi connectivity index (χ0n) is 21.1. The summed E-state index contributed by atoms with van der Waals surface area (Å²) in [5.74, 6) is 1.51. The monoisotopic (exact) mass is 519 g/mol. The first-order valence-electron chi connectivity index (χ1n) is 12.7. The summed E-state index contributed by atoms with van der Waals surface area (Å²) in [5, 5.41) is 23.8. The molecule has 4 N–H and O–H groups in total. The predicted octanol–water partition coefficient (Wildman–Crippen LogP) is 5.41. The Labute approximate surface area is 221 Å². The number of phenolic OH excluding ortho intramolecular Hbond substituents is 2. The Morgan fingerprint density at radius 3 is 2.70 bits per heavy atom. The van der Waals surface area contributed by atoms with Gasteiger partial charge in [0.2, 0.25) is 0 Å². The number of aryl methyl sites for hydroxylation is 2. The lowest BCUT2D eigenvalue weighted by Crippen LogP contribution is -2.06. The molecular weight excluding hydrogens is 486 g/mol. The topological polar surface area (TPSA) is 119 Å². The molecular formula is C28H33N5O3S. The van der Waals surface area contributed by atoms with Crippen molar-refractivity contribution in [2.24, 2.45) is 4.99 Å². The minimum Gasteiger partial charge on any atom is -0.508 e. The van der Waals surface area contributed by atoms with Crippen molar-refractivity contribution in [2.75, 3.05) is 25.5 Å². The van der Waals surface area contributed by atoms with Crippen molar-refractivity contribution >= 4 is 45.1 Å². The van der Waals surface area contributed by atoms with E-state index in [0.717, 1.165) is 60.8 Å². The number of hydrogen-bond acceptors (Lipinski definition) is 8. The Balaban J connectivity index is 1.67. The van der Waals surface area contributed by atoms with Crippen LogP contribution in [0.15, 0.2) is 41.4 Å². The molecule has 0 aliphatic rings. The van der Waals surface area contributed by atoms with Crippen LogP contribution < -0.4 is 5.73 Å². The van der Waals surface area contributed by atoms with Crippen molar-refractivity contribution in [3.05, 3.63) is 53.3 Å². The number of thiocarbonyl (C=S) groups is 1. The summed E-state index contributed by atoms with van der Waals surface area (Å²) in [6, 6.07) is 10.8. The number of unbranched alkanes of at least 4 members (excludes halogenated alkanes) is 1. The summed E-state index contributed by atoms with van der Waals surface area (Å²) >= 11 is 4.57. The molecule has 2 aromatic heterocycles. The lowest BCUT2D eigenvalue weighted by atomic mass is 10.1. The molecule has 2 heterocycles. The summed E-state index contributed by atoms with van der Waals surface area (Å²) in [5.41, 5.74) is 10.5. The van der Waals surface area contributed by atoms with Crippen molar-refractivity contribution in [2.45, 2.75) is 52.0 Å². The molecule has 0 amide bonds. The van der Waals surface area contributed by atoms with Crippen LogP contribution in [-0.4, -0.2) is 49.7 Å². The summed E-state index contributed by atoms with van der Waals surface area (Å²) < 4.78 is 7.82. The van der Waals surface area contributed by atoms with Crippen LogP contribution in [0.5, 0.6) is 11.5 Å². The van der Waals surface area contributed by atoms with Gasteiger partial charge in [0.1, 0.15) is 22.8 Å². The van der Waals surface area contributed by atoms with Crippen LogP contribution in [0, 0.1) is 0 Å². The minimum absolute atomic E-state index is 0.106. The van der Waals surface area contributed by atoms with E-state index in [-0.39, 0.29) is 11.5 Å². The smallest absolute Gasteiger partial charge is 0.152 e. The van der Waals surface area contributed by atoms with Gasteiger partial charge >= 0.3 is 0 Å². The van der Waals surface area contributed by atoms with E-state index in [1.165, 1.54) is 17.7 Å².